The largest absolute Gasteiger partial charge is 0.445 e. The lowest BCUT2D eigenvalue weighted by Gasteiger charge is -2.30. The lowest BCUT2D eigenvalue weighted by Crippen LogP contribution is -2.40. The molecule has 0 bridgehead atoms. The number of imidazole rings is 1. The first-order valence-corrected chi connectivity index (χ1v) is 9.76. The molecule has 0 unspecified atom stereocenters. The number of aromatic nitrogens is 2. The highest BCUT2D eigenvalue weighted by Crippen LogP contribution is 2.28. The maximum atomic E-state index is 12.0. The molecule has 0 aromatic carbocycles. The van der Waals surface area contributed by atoms with Crippen LogP contribution in [0.4, 0.5) is 4.79 Å². The maximum absolute atomic E-state index is 12.0. The van der Waals surface area contributed by atoms with E-state index in [-0.39, 0.29) is 11.5 Å². The van der Waals surface area contributed by atoms with Gasteiger partial charge in [-0.25, -0.2) is 9.78 Å². The molecule has 2 aliphatic rings. The van der Waals surface area contributed by atoms with Crippen LogP contribution in [0.2, 0.25) is 0 Å². The number of carbonyl (C=O) groups is 2. The molecule has 7 nitrogen and oxygen atoms in total. The van der Waals surface area contributed by atoms with Gasteiger partial charge in [0, 0.05) is 20.1 Å². The Hall–Kier alpha value is -2.41. The maximum Gasteiger partial charge on any atom is 0.410 e. The van der Waals surface area contributed by atoms with Crippen LogP contribution in [0.25, 0.3) is 0 Å². The molecule has 1 aliphatic carbocycles. The fourth-order valence-electron chi connectivity index (χ4n) is 3.04. The van der Waals surface area contributed by atoms with E-state index in [1.807, 2.05) is 0 Å². The van der Waals surface area contributed by atoms with E-state index in [2.05, 4.69) is 37.1 Å². The summed E-state index contributed by atoms with van der Waals surface area (Å²) in [6.07, 6.45) is 13.1. The van der Waals surface area contributed by atoms with Crippen LogP contribution >= 0.6 is 0 Å². The molecule has 0 saturated carbocycles. The second-order valence-corrected chi connectivity index (χ2v) is 8.07. The molecule has 2 N–H and O–H groups in total. The number of nitrogens with zero attached hydrogens (tertiary/aromatic N) is 3. The fraction of sp³-hybridized carbons (Fsp3) is 0.571. The average molecular weight is 389 g/mol. The molecule has 3 rings (SSSR count). The molecule has 1 fully saturated rings. The summed E-state index contributed by atoms with van der Waals surface area (Å²) in [6, 6.07) is 0. The van der Waals surface area contributed by atoms with Gasteiger partial charge in [-0.15, -0.1) is 0 Å². The summed E-state index contributed by atoms with van der Waals surface area (Å²) in [5.41, 5.74) is 7.57. The van der Waals surface area contributed by atoms with Gasteiger partial charge in [-0.1, -0.05) is 32.1 Å². The molecule has 28 heavy (non-hydrogen) atoms. The van der Waals surface area contributed by atoms with Gasteiger partial charge in [-0.05, 0) is 42.7 Å². The number of amides is 1. The van der Waals surface area contributed by atoms with E-state index >= 15 is 0 Å². The molecule has 0 radical (unpaired) electrons. The average Bonchev–Trinajstić information content (AvgIpc) is 3.12. The van der Waals surface area contributed by atoms with Gasteiger partial charge >= 0.3 is 6.09 Å². The number of allylic oxidation sites excluding steroid dienone is 2. The highest BCUT2D eigenvalue weighted by molar-refractivity contribution is 5.71. The minimum absolute atomic E-state index is 0.195. The van der Waals surface area contributed by atoms with Crippen LogP contribution in [0.15, 0.2) is 36.3 Å². The van der Waals surface area contributed by atoms with Gasteiger partial charge in [-0.3, -0.25) is 4.79 Å². The zero-order valence-corrected chi connectivity index (χ0v) is 17.1. The van der Waals surface area contributed by atoms with Gasteiger partial charge in [-0.2, -0.15) is 0 Å². The predicted octanol–water partition coefficient (Wildman–Crippen LogP) is 2.94. The molecule has 0 atom stereocenters. The van der Waals surface area contributed by atoms with Gasteiger partial charge in [0.1, 0.15) is 12.3 Å². The number of nitrogens with two attached hydrogens (primary N) is 1. The summed E-state index contributed by atoms with van der Waals surface area (Å²) in [4.78, 5) is 27.5. The molecular formula is C21H32N4O3. The smallest absolute Gasteiger partial charge is 0.410 e. The molecule has 1 saturated heterocycles. The van der Waals surface area contributed by atoms with Gasteiger partial charge in [0.05, 0.1) is 12.5 Å². The topological polar surface area (TPSA) is 90.4 Å². The van der Waals surface area contributed by atoms with E-state index in [4.69, 9.17) is 10.5 Å². The third kappa shape index (κ3) is 6.64. The molecule has 154 valence electrons. The predicted molar refractivity (Wildman–Crippen MR) is 109 cm³/mol. The third-order valence-electron chi connectivity index (χ3n) is 5.18. The van der Waals surface area contributed by atoms with Crippen LogP contribution in [0.3, 0.4) is 0 Å². The lowest BCUT2D eigenvalue weighted by molar-refractivity contribution is 0.0954. The number of hydrogen-bond acceptors (Lipinski definition) is 5. The van der Waals surface area contributed by atoms with E-state index in [0.29, 0.717) is 18.2 Å². The SMILES string of the molecule is CC1(C)C=CC(COC(=O)N2CCC(CN)CC2)=CC1.Cn1cncc1C=O. The summed E-state index contributed by atoms with van der Waals surface area (Å²) in [6.45, 7) is 7.03. The Morgan fingerprint density at radius 3 is 2.57 bits per heavy atom. The van der Waals surface area contributed by atoms with Crippen LogP contribution in [-0.2, 0) is 11.8 Å². The van der Waals surface area contributed by atoms with Crippen molar-refractivity contribution in [3.63, 3.8) is 0 Å². The molecule has 1 aromatic rings. The Morgan fingerprint density at radius 1 is 1.39 bits per heavy atom. The number of hydrogen-bond donors (Lipinski definition) is 1. The van der Waals surface area contributed by atoms with E-state index in [1.165, 1.54) is 6.20 Å². The Kier molecular flexibility index (Phi) is 7.99. The van der Waals surface area contributed by atoms with Crippen LogP contribution in [0.1, 0.15) is 43.6 Å². The van der Waals surface area contributed by atoms with Gasteiger partial charge < -0.3 is 19.9 Å². The number of piperidine rings is 1. The van der Waals surface area contributed by atoms with Crippen molar-refractivity contribution >= 4 is 12.4 Å². The van der Waals surface area contributed by atoms with Crippen molar-refractivity contribution in [2.75, 3.05) is 26.2 Å². The summed E-state index contributed by atoms with van der Waals surface area (Å²) in [7, 11) is 1.77. The number of ether oxygens (including phenoxy) is 1. The van der Waals surface area contributed by atoms with Gasteiger partial charge in [0.25, 0.3) is 0 Å². The Morgan fingerprint density at radius 2 is 2.11 bits per heavy atom. The first-order valence-electron chi connectivity index (χ1n) is 9.76. The van der Waals surface area contributed by atoms with E-state index < -0.39 is 0 Å². The molecule has 7 heteroatoms. The van der Waals surface area contributed by atoms with Crippen molar-refractivity contribution in [2.24, 2.45) is 24.1 Å². The second-order valence-electron chi connectivity index (χ2n) is 8.07. The third-order valence-corrected chi connectivity index (χ3v) is 5.18. The number of likely N-dealkylation sites (tertiary alicyclic amines) is 1. The van der Waals surface area contributed by atoms with Crippen molar-refractivity contribution in [2.45, 2.75) is 33.1 Å². The Bertz CT molecular complexity index is 713. The minimum Gasteiger partial charge on any atom is -0.445 e. The number of rotatable bonds is 4. The van der Waals surface area contributed by atoms with Crippen molar-refractivity contribution in [3.05, 3.63) is 42.0 Å². The van der Waals surface area contributed by atoms with E-state index in [0.717, 1.165) is 50.8 Å². The monoisotopic (exact) mass is 388 g/mol. The molecule has 1 aliphatic heterocycles. The fourth-order valence-corrected chi connectivity index (χ4v) is 3.04. The summed E-state index contributed by atoms with van der Waals surface area (Å²) >= 11 is 0. The first kappa shape index (κ1) is 21.9. The second kappa shape index (κ2) is 10.2. The first-order chi connectivity index (χ1) is 13.3. The number of carbonyl (C=O) groups excluding carboxylic acids is 2. The van der Waals surface area contributed by atoms with Crippen molar-refractivity contribution in [1.82, 2.24) is 14.5 Å². The zero-order valence-electron chi connectivity index (χ0n) is 17.1. The highest BCUT2D eigenvalue weighted by Gasteiger charge is 2.23. The minimum atomic E-state index is -0.195. The quantitative estimate of drug-likeness (QED) is 0.801. The Balaban J connectivity index is 0.000000292. The Labute approximate surface area is 167 Å². The van der Waals surface area contributed by atoms with Crippen molar-refractivity contribution in [3.8, 4) is 0 Å². The molecule has 1 aromatic heterocycles. The summed E-state index contributed by atoms with van der Waals surface area (Å²) < 4.78 is 7.05. The number of aryl methyl sites for hydroxylation is 1. The highest BCUT2D eigenvalue weighted by atomic mass is 16.6. The van der Waals surface area contributed by atoms with Crippen LogP contribution in [-0.4, -0.2) is 53.1 Å². The van der Waals surface area contributed by atoms with Crippen molar-refractivity contribution in [1.29, 1.82) is 0 Å². The number of aldehydes is 1. The van der Waals surface area contributed by atoms with Gasteiger partial charge in [0.2, 0.25) is 0 Å². The van der Waals surface area contributed by atoms with Crippen LogP contribution in [0.5, 0.6) is 0 Å². The normalized spacial score (nSPS) is 18.7. The summed E-state index contributed by atoms with van der Waals surface area (Å²) in [5.74, 6) is 0.560. The molecular weight excluding hydrogens is 356 g/mol. The molecule has 1 amide bonds. The van der Waals surface area contributed by atoms with Crippen LogP contribution in [0, 0.1) is 11.3 Å². The lowest BCUT2D eigenvalue weighted by atomic mass is 9.84. The standard InChI is InChI=1S/C16H26N2O2.C5H6N2O/c1-16(2)7-3-14(4-8-16)12-20-15(19)18-9-5-13(11-17)6-10-18;1-7-4-6-2-5(7)3-8/h3-4,7,13H,5-6,8-12,17H2,1-2H3;2-4H,1H3. The molecule has 0 spiro atoms. The van der Waals surface area contributed by atoms with E-state index in [9.17, 15) is 9.59 Å². The van der Waals surface area contributed by atoms with Crippen LogP contribution < -0.4 is 5.73 Å². The molecule has 2 heterocycles. The van der Waals surface area contributed by atoms with Gasteiger partial charge in [0.15, 0.2) is 6.29 Å². The zero-order chi connectivity index (χ0) is 20.6. The van der Waals surface area contributed by atoms with Crippen molar-refractivity contribution < 1.29 is 14.3 Å². The summed E-state index contributed by atoms with van der Waals surface area (Å²) in [5, 5.41) is 0. The van der Waals surface area contributed by atoms with E-state index in [1.54, 1.807) is 22.8 Å².